The predicted octanol–water partition coefficient (Wildman–Crippen LogP) is 3.44. The van der Waals surface area contributed by atoms with Gasteiger partial charge in [-0.05, 0) is 54.1 Å². The zero-order chi connectivity index (χ0) is 23.8. The number of rotatable bonds is 10. The van der Waals surface area contributed by atoms with Crippen molar-refractivity contribution in [3.05, 3.63) is 84.4 Å². The molecular formula is C22H22FN3O5S2. The molecule has 1 heterocycles. The summed E-state index contributed by atoms with van der Waals surface area (Å²) in [5, 5.41) is 9.12. The molecule has 3 rings (SSSR count). The number of aromatic nitrogens is 1. The zero-order valence-corrected chi connectivity index (χ0v) is 19.2. The summed E-state index contributed by atoms with van der Waals surface area (Å²) < 4.78 is 45.8. The van der Waals surface area contributed by atoms with E-state index < -0.39 is 22.0 Å². The first-order chi connectivity index (χ1) is 15.8. The molecule has 8 nitrogen and oxygen atoms in total. The maximum absolute atomic E-state index is 13.1. The van der Waals surface area contributed by atoms with Gasteiger partial charge in [0, 0.05) is 30.9 Å². The fourth-order valence-electron chi connectivity index (χ4n) is 2.85. The molecule has 11 heteroatoms. The van der Waals surface area contributed by atoms with Crippen LogP contribution in [0, 0.1) is 5.82 Å². The van der Waals surface area contributed by atoms with Crippen LogP contribution in [-0.4, -0.2) is 47.7 Å². The van der Waals surface area contributed by atoms with Crippen LogP contribution >= 0.6 is 11.8 Å². The Morgan fingerprint density at radius 2 is 1.70 bits per heavy atom. The van der Waals surface area contributed by atoms with E-state index >= 15 is 0 Å². The number of thioether (sulfide) groups is 1. The molecule has 0 saturated heterocycles. The summed E-state index contributed by atoms with van der Waals surface area (Å²) in [6, 6.07) is 13.8. The monoisotopic (exact) mass is 491 g/mol. The van der Waals surface area contributed by atoms with Crippen LogP contribution in [0.2, 0.25) is 0 Å². The number of likely N-dealkylation sites (N-methyl/N-ethyl adjacent to an activating group) is 1. The maximum Gasteiger partial charge on any atom is 0.262 e. The number of hydroxylamine groups is 1. The molecule has 1 amide bonds. The van der Waals surface area contributed by atoms with Crippen molar-refractivity contribution in [3.8, 4) is 11.5 Å². The number of ether oxygens (including phenoxy) is 1. The molecule has 0 fully saturated rings. The molecule has 2 N–H and O–H groups in total. The Kier molecular flexibility index (Phi) is 8.39. The average Bonchev–Trinajstić information content (AvgIpc) is 2.83. The molecule has 1 aromatic heterocycles. The molecule has 33 heavy (non-hydrogen) atoms. The summed E-state index contributed by atoms with van der Waals surface area (Å²) in [6.45, 7) is 0. The third kappa shape index (κ3) is 6.51. The maximum atomic E-state index is 13.1. The second-order valence-electron chi connectivity index (χ2n) is 6.91. The van der Waals surface area contributed by atoms with Crippen LogP contribution in [-0.2, 0) is 20.6 Å². The number of nitrogens with one attached hydrogen (secondary N) is 1. The number of amides is 1. The molecule has 174 valence electrons. The molecule has 1 atom stereocenters. The Morgan fingerprint density at radius 3 is 2.30 bits per heavy atom. The van der Waals surface area contributed by atoms with Crippen LogP contribution in [0.5, 0.6) is 11.5 Å². The number of carbonyl (C=O) groups is 1. The molecule has 0 bridgehead atoms. The summed E-state index contributed by atoms with van der Waals surface area (Å²) in [6.07, 6.45) is 3.15. The van der Waals surface area contributed by atoms with Gasteiger partial charge in [-0.25, -0.2) is 18.3 Å². The standard InChI is InChI=1S/C22H22FN3O5S2/c1-26(21(22(27)25-28)15-32-14-16-2-4-17(23)5-3-16)33(29,30)20-8-6-18(7-9-20)31-19-10-12-24-13-11-19/h2-13,21,28H,14-15H2,1H3,(H,25,27)/t21-/m1/s1. The Balaban J connectivity index is 1.70. The number of pyridine rings is 1. The molecule has 0 aliphatic carbocycles. The van der Waals surface area contributed by atoms with Crippen LogP contribution in [0.1, 0.15) is 5.56 Å². The molecule has 0 aliphatic heterocycles. The van der Waals surface area contributed by atoms with Gasteiger partial charge in [0.1, 0.15) is 23.4 Å². The van der Waals surface area contributed by atoms with E-state index in [1.165, 1.54) is 60.7 Å². The van der Waals surface area contributed by atoms with Gasteiger partial charge in [-0.1, -0.05) is 12.1 Å². The lowest BCUT2D eigenvalue weighted by Gasteiger charge is -2.25. The van der Waals surface area contributed by atoms with Crippen molar-refractivity contribution in [2.45, 2.75) is 16.7 Å². The van der Waals surface area contributed by atoms with Gasteiger partial charge in [-0.2, -0.15) is 16.1 Å². The lowest BCUT2D eigenvalue weighted by molar-refractivity contribution is -0.132. The van der Waals surface area contributed by atoms with Crippen molar-refractivity contribution >= 4 is 27.7 Å². The van der Waals surface area contributed by atoms with Crippen molar-refractivity contribution in [1.82, 2.24) is 14.8 Å². The summed E-state index contributed by atoms with van der Waals surface area (Å²) in [4.78, 5) is 16.1. The van der Waals surface area contributed by atoms with E-state index in [1.807, 2.05) is 0 Å². The fourth-order valence-corrected chi connectivity index (χ4v) is 5.40. The predicted molar refractivity (Wildman–Crippen MR) is 122 cm³/mol. The molecular weight excluding hydrogens is 469 g/mol. The number of benzene rings is 2. The summed E-state index contributed by atoms with van der Waals surface area (Å²) >= 11 is 1.28. The highest BCUT2D eigenvalue weighted by atomic mass is 32.2. The number of carbonyl (C=O) groups excluding carboxylic acids is 1. The Hall–Kier alpha value is -2.99. The normalized spacial score (nSPS) is 12.4. The third-order valence-corrected chi connectivity index (χ3v) is 7.67. The van der Waals surface area contributed by atoms with Gasteiger partial charge in [0.25, 0.3) is 5.91 Å². The Bertz CT molecular complexity index is 1160. The van der Waals surface area contributed by atoms with Crippen LogP contribution in [0.3, 0.4) is 0 Å². The minimum absolute atomic E-state index is 0.0358. The first kappa shape index (κ1) is 24.6. The van der Waals surface area contributed by atoms with Gasteiger partial charge < -0.3 is 4.74 Å². The highest BCUT2D eigenvalue weighted by Gasteiger charge is 2.33. The second-order valence-corrected chi connectivity index (χ2v) is 9.94. The SMILES string of the molecule is CN([C@H](CSCc1ccc(F)cc1)C(=O)NO)S(=O)(=O)c1ccc(Oc2ccncc2)cc1. The lowest BCUT2D eigenvalue weighted by Crippen LogP contribution is -2.48. The molecule has 0 radical (unpaired) electrons. The minimum Gasteiger partial charge on any atom is -0.457 e. The van der Waals surface area contributed by atoms with Gasteiger partial charge >= 0.3 is 0 Å². The van der Waals surface area contributed by atoms with Crippen LogP contribution in [0.15, 0.2) is 78.0 Å². The molecule has 0 saturated carbocycles. The van der Waals surface area contributed by atoms with Gasteiger partial charge in [-0.15, -0.1) is 0 Å². The van der Waals surface area contributed by atoms with Gasteiger partial charge in [0.2, 0.25) is 10.0 Å². The molecule has 3 aromatic rings. The highest BCUT2D eigenvalue weighted by Crippen LogP contribution is 2.25. The summed E-state index contributed by atoms with van der Waals surface area (Å²) in [5.74, 6) is 0.278. The second kappa shape index (κ2) is 11.2. The van der Waals surface area contributed by atoms with Crippen LogP contribution < -0.4 is 10.2 Å². The van der Waals surface area contributed by atoms with Crippen molar-refractivity contribution in [3.63, 3.8) is 0 Å². The van der Waals surface area contributed by atoms with E-state index in [1.54, 1.807) is 36.7 Å². The van der Waals surface area contributed by atoms with E-state index in [-0.39, 0.29) is 16.5 Å². The quantitative estimate of drug-likeness (QED) is 0.330. The number of nitrogens with zero attached hydrogens (tertiary/aromatic N) is 2. The van der Waals surface area contributed by atoms with Crippen molar-refractivity contribution < 1.29 is 27.5 Å². The van der Waals surface area contributed by atoms with Crippen molar-refractivity contribution in [2.75, 3.05) is 12.8 Å². The highest BCUT2D eigenvalue weighted by molar-refractivity contribution is 7.98. The van der Waals surface area contributed by atoms with E-state index in [2.05, 4.69) is 4.98 Å². The average molecular weight is 492 g/mol. The lowest BCUT2D eigenvalue weighted by atomic mass is 10.2. The van der Waals surface area contributed by atoms with Crippen molar-refractivity contribution in [1.29, 1.82) is 0 Å². The van der Waals surface area contributed by atoms with E-state index in [0.717, 1.165) is 9.87 Å². The number of sulfonamides is 1. The van der Waals surface area contributed by atoms with E-state index in [9.17, 15) is 17.6 Å². The van der Waals surface area contributed by atoms with Crippen LogP contribution in [0.25, 0.3) is 0 Å². The summed E-state index contributed by atoms with van der Waals surface area (Å²) in [5.41, 5.74) is 2.35. The number of hydrogen-bond acceptors (Lipinski definition) is 7. The van der Waals surface area contributed by atoms with Gasteiger partial charge in [-0.3, -0.25) is 15.0 Å². The van der Waals surface area contributed by atoms with E-state index in [0.29, 0.717) is 17.3 Å². The number of halogens is 1. The topological polar surface area (TPSA) is 109 Å². The number of hydrogen-bond donors (Lipinski definition) is 2. The first-order valence-electron chi connectivity index (χ1n) is 9.73. The largest absolute Gasteiger partial charge is 0.457 e. The third-order valence-electron chi connectivity index (χ3n) is 4.70. The van der Waals surface area contributed by atoms with Gasteiger partial charge in [0.15, 0.2) is 0 Å². The molecule has 0 aliphatic rings. The van der Waals surface area contributed by atoms with E-state index in [4.69, 9.17) is 9.94 Å². The fraction of sp³-hybridized carbons (Fsp3) is 0.182. The van der Waals surface area contributed by atoms with Gasteiger partial charge in [0.05, 0.1) is 4.90 Å². The Morgan fingerprint density at radius 1 is 1.09 bits per heavy atom. The molecule has 0 unspecified atom stereocenters. The smallest absolute Gasteiger partial charge is 0.262 e. The van der Waals surface area contributed by atoms with Crippen molar-refractivity contribution in [2.24, 2.45) is 0 Å². The minimum atomic E-state index is -4.05. The van der Waals surface area contributed by atoms with Crippen LogP contribution in [0.4, 0.5) is 4.39 Å². The molecule has 2 aromatic carbocycles. The zero-order valence-electron chi connectivity index (χ0n) is 17.6. The Labute approximate surface area is 195 Å². The summed E-state index contributed by atoms with van der Waals surface area (Å²) in [7, 11) is -2.78. The first-order valence-corrected chi connectivity index (χ1v) is 12.3. The molecule has 0 spiro atoms.